The van der Waals surface area contributed by atoms with Gasteiger partial charge in [-0.25, -0.2) is 0 Å². The van der Waals surface area contributed by atoms with Crippen LogP contribution in [-0.4, -0.2) is 171 Å². The van der Waals surface area contributed by atoms with E-state index in [4.69, 9.17) is 18.9 Å². The largest absolute Gasteiger partial charge is 0.481 e. The van der Waals surface area contributed by atoms with Crippen molar-refractivity contribution < 1.29 is 89.5 Å². The van der Waals surface area contributed by atoms with E-state index < -0.39 is 153 Å². The molecule has 3 heterocycles. The predicted molar refractivity (Wildman–Crippen MR) is 247 cm³/mol. The number of hydrogen-bond acceptors (Lipinski definition) is 17. The second-order valence-electron chi connectivity index (χ2n) is 18.2. The number of carbonyl (C=O) groups excluding carboxylic acids is 2. The van der Waals surface area contributed by atoms with Crippen molar-refractivity contribution in [3.05, 3.63) is 85.1 Å². The molecule has 384 valence electrons. The molecule has 19 atom stereocenters. The molecule has 3 rings (SSSR count). The molecule has 19 heteroatoms. The first-order valence-corrected chi connectivity index (χ1v) is 23.2. The third-order valence-corrected chi connectivity index (χ3v) is 12.3. The van der Waals surface area contributed by atoms with Gasteiger partial charge < -0.3 is 80.4 Å². The molecule has 5 unspecified atom stereocenters. The quantitative estimate of drug-likeness (QED) is 0.174. The number of carboxylic acid groups (broad SMARTS) is 1. The molecule has 0 aromatic heterocycles. The number of ether oxygens (including phenoxy) is 4. The average molecular weight is 966 g/mol. The van der Waals surface area contributed by atoms with Gasteiger partial charge in [0, 0.05) is 44.4 Å². The molecular formula is C49H75NO18. The Balaban J connectivity index is 1.90. The van der Waals surface area contributed by atoms with Crippen LogP contribution in [0.2, 0.25) is 0 Å². The van der Waals surface area contributed by atoms with Crippen LogP contribution in [0, 0.1) is 17.8 Å². The maximum atomic E-state index is 12.6. The Morgan fingerprint density at radius 3 is 1.81 bits per heavy atom. The van der Waals surface area contributed by atoms with Gasteiger partial charge in [-0.2, -0.15) is 0 Å². The Morgan fingerprint density at radius 2 is 1.24 bits per heavy atom. The van der Waals surface area contributed by atoms with Crippen molar-refractivity contribution in [2.75, 3.05) is 0 Å². The summed E-state index contributed by atoms with van der Waals surface area (Å²) in [6.07, 6.45) is 2.48. The van der Waals surface area contributed by atoms with Crippen molar-refractivity contribution in [3.63, 3.8) is 0 Å². The minimum absolute atomic E-state index is 0.119. The van der Waals surface area contributed by atoms with E-state index in [9.17, 15) is 70.6 Å². The topological polar surface area (TPSA) is 323 Å². The summed E-state index contributed by atoms with van der Waals surface area (Å²) in [5.74, 6) is -7.49. The maximum absolute atomic E-state index is 12.6. The number of fused-ring (bicyclic) bond motifs is 2. The fourth-order valence-electron chi connectivity index (χ4n) is 8.34. The van der Waals surface area contributed by atoms with E-state index in [2.05, 4.69) is 5.32 Å². The number of hydrogen-bond donors (Lipinski definition) is 12. The van der Waals surface area contributed by atoms with Gasteiger partial charge in [-0.05, 0) is 33.1 Å². The molecule has 3 aliphatic rings. The Labute approximate surface area is 398 Å². The van der Waals surface area contributed by atoms with Crippen LogP contribution >= 0.6 is 0 Å². The van der Waals surface area contributed by atoms with Crippen LogP contribution in [0.25, 0.3) is 0 Å². The Morgan fingerprint density at radius 1 is 0.662 bits per heavy atom. The first-order chi connectivity index (χ1) is 32.0. The summed E-state index contributed by atoms with van der Waals surface area (Å²) >= 11 is 0. The summed E-state index contributed by atoms with van der Waals surface area (Å²) in [7, 11) is 0. The molecule has 2 saturated heterocycles. The summed E-state index contributed by atoms with van der Waals surface area (Å²) in [5, 5.41) is 122. The normalized spacial score (nSPS) is 43.9. The molecule has 19 nitrogen and oxygen atoms in total. The number of carbonyl (C=O) groups is 3. The number of aliphatic hydroxyl groups excluding tert-OH is 9. The van der Waals surface area contributed by atoms with Gasteiger partial charge in [0.1, 0.15) is 24.2 Å². The van der Waals surface area contributed by atoms with Gasteiger partial charge in [0.05, 0.1) is 73.5 Å². The number of aliphatic carboxylic acids is 1. The van der Waals surface area contributed by atoms with Crippen LogP contribution in [0.3, 0.4) is 0 Å². The van der Waals surface area contributed by atoms with E-state index in [-0.39, 0.29) is 31.6 Å². The average Bonchev–Trinajstić information content (AvgIpc) is 3.24. The number of nitrogens with one attached hydrogen (secondary N) is 1. The summed E-state index contributed by atoms with van der Waals surface area (Å²) in [5.41, 5.74) is 0. The van der Waals surface area contributed by atoms with E-state index in [0.717, 1.165) is 0 Å². The maximum Gasteiger partial charge on any atom is 0.311 e. The minimum Gasteiger partial charge on any atom is -0.481 e. The monoisotopic (exact) mass is 965 g/mol. The highest BCUT2D eigenvalue weighted by molar-refractivity contribution is 5.73. The van der Waals surface area contributed by atoms with Gasteiger partial charge in [0.2, 0.25) is 5.91 Å². The molecule has 0 aromatic carbocycles. The molecule has 0 saturated carbocycles. The van der Waals surface area contributed by atoms with Crippen molar-refractivity contribution in [2.45, 2.75) is 183 Å². The van der Waals surface area contributed by atoms with Gasteiger partial charge in [-0.15, -0.1) is 0 Å². The SMILES string of the molecule is CC(=O)NC1C(O)C(C)OC(O[C@H]2/C=C/C=C/C=C/C=C/C=C/C=C/C=C/[C@H](C)[C@@H](O)[C@@H](C)[C@H](C)OC(=O)C[C@H](O)C[C@H](O)CC[C@@H](O)[C@H](O)C[C@H](O)C[C@]3(O)C[C@H](O)[C@@H](C(=O)O)[C@H](C2)O3)C1O. The number of allylic oxidation sites excluding steroid dienone is 12. The lowest BCUT2D eigenvalue weighted by Gasteiger charge is -2.45. The lowest BCUT2D eigenvalue weighted by molar-refractivity contribution is -0.309. The Hall–Kier alpha value is -3.93. The van der Waals surface area contributed by atoms with Crippen LogP contribution in [0.1, 0.15) is 86.0 Å². The molecule has 0 radical (unpaired) electrons. The highest BCUT2D eigenvalue weighted by Crippen LogP contribution is 2.38. The van der Waals surface area contributed by atoms with E-state index in [0.29, 0.717) is 0 Å². The van der Waals surface area contributed by atoms with Gasteiger partial charge in [0.25, 0.3) is 0 Å². The minimum atomic E-state index is -2.36. The van der Waals surface area contributed by atoms with Gasteiger partial charge in [-0.1, -0.05) is 98.9 Å². The van der Waals surface area contributed by atoms with Crippen molar-refractivity contribution in [2.24, 2.45) is 17.8 Å². The third-order valence-electron chi connectivity index (χ3n) is 12.3. The van der Waals surface area contributed by atoms with Gasteiger partial charge >= 0.3 is 11.9 Å². The zero-order valence-corrected chi connectivity index (χ0v) is 39.4. The first kappa shape index (κ1) is 58.4. The standard InChI is InChI=1S/C49H75NO18/c1-28-18-16-14-12-10-8-6-7-9-11-13-15-17-19-36(67-48-46(61)43(50-32(5)51)45(60)31(4)66-48)25-40-42(47(62)63)39(57)27-49(64,68-40)26-35(54)23-38(56)37(55)21-20-33(52)22-34(53)24-41(58)65-30(3)29(2)44(28)59/h6-19,28-31,33-40,42-46,48,52-57,59-61,64H,20-27H2,1-5H3,(H,50,51)(H,62,63)/b7-6+,10-8+,11-9+,14-12+,15-13+,18-16+,19-17+/t28-,29-,30-,31?,33+,34+,35-,36-,37+,38+,39-,40-,42+,43?,44+,45?,46?,48?,49+/m0/s1. The number of esters is 1. The predicted octanol–water partition coefficient (Wildman–Crippen LogP) is 0.889. The molecule has 0 spiro atoms. The summed E-state index contributed by atoms with van der Waals surface area (Å²) < 4.78 is 23.3. The van der Waals surface area contributed by atoms with Crippen LogP contribution in [0.15, 0.2) is 85.1 Å². The zero-order valence-electron chi connectivity index (χ0n) is 39.4. The number of carboxylic acids is 1. The Bertz CT molecular complexity index is 1780. The number of aliphatic hydroxyl groups is 10. The van der Waals surface area contributed by atoms with Gasteiger partial charge in [-0.3, -0.25) is 14.4 Å². The summed E-state index contributed by atoms with van der Waals surface area (Å²) in [4.78, 5) is 37.1. The molecule has 12 N–H and O–H groups in total. The smallest absolute Gasteiger partial charge is 0.311 e. The molecule has 68 heavy (non-hydrogen) atoms. The highest BCUT2D eigenvalue weighted by Gasteiger charge is 2.51. The van der Waals surface area contributed by atoms with E-state index in [1.165, 1.54) is 19.9 Å². The van der Waals surface area contributed by atoms with Crippen molar-refractivity contribution in [3.8, 4) is 0 Å². The number of amides is 1. The lowest BCUT2D eigenvalue weighted by Crippen LogP contribution is -2.64. The van der Waals surface area contributed by atoms with Crippen LogP contribution in [0.4, 0.5) is 0 Å². The van der Waals surface area contributed by atoms with Crippen molar-refractivity contribution >= 4 is 17.8 Å². The summed E-state index contributed by atoms with van der Waals surface area (Å²) in [6.45, 7) is 7.90. The van der Waals surface area contributed by atoms with E-state index >= 15 is 0 Å². The number of cyclic esters (lactones) is 1. The lowest BCUT2D eigenvalue weighted by atomic mass is 9.82. The van der Waals surface area contributed by atoms with Crippen molar-refractivity contribution in [1.29, 1.82) is 0 Å². The van der Waals surface area contributed by atoms with E-state index in [1.807, 2.05) is 13.0 Å². The molecule has 3 aliphatic heterocycles. The number of rotatable bonds is 4. The second-order valence-corrected chi connectivity index (χ2v) is 18.2. The van der Waals surface area contributed by atoms with Gasteiger partial charge in [0.15, 0.2) is 12.1 Å². The molecule has 0 aliphatic carbocycles. The van der Waals surface area contributed by atoms with E-state index in [1.54, 1.807) is 86.8 Å². The zero-order chi connectivity index (χ0) is 50.7. The molecular weight excluding hydrogens is 891 g/mol. The molecule has 0 aromatic rings. The van der Waals surface area contributed by atoms with Crippen LogP contribution in [0.5, 0.6) is 0 Å². The highest BCUT2D eigenvalue weighted by atomic mass is 16.7. The van der Waals surface area contributed by atoms with Crippen LogP contribution in [-0.2, 0) is 33.3 Å². The van der Waals surface area contributed by atoms with Crippen LogP contribution < -0.4 is 5.32 Å². The first-order valence-electron chi connectivity index (χ1n) is 23.2. The fourth-order valence-corrected chi connectivity index (χ4v) is 8.34. The third kappa shape index (κ3) is 19.5. The molecule has 2 fully saturated rings. The molecule has 2 bridgehead atoms. The summed E-state index contributed by atoms with van der Waals surface area (Å²) in [6, 6.07) is -1.21. The second kappa shape index (κ2) is 28.7. The Kier molecular flexibility index (Phi) is 24.6. The molecule has 1 amide bonds. The van der Waals surface area contributed by atoms with Crippen molar-refractivity contribution in [1.82, 2.24) is 5.32 Å². The fraction of sp³-hybridized carbons (Fsp3) is 0.653.